The van der Waals surface area contributed by atoms with Crippen molar-refractivity contribution in [3.8, 4) is 34.2 Å². The number of nitrogens with one attached hydrogen (secondary N) is 1. The zero-order valence-electron chi connectivity index (χ0n) is 21.2. The van der Waals surface area contributed by atoms with E-state index in [9.17, 15) is 4.79 Å². The van der Waals surface area contributed by atoms with Gasteiger partial charge < -0.3 is 24.1 Å². The molecule has 4 aromatic rings. The van der Waals surface area contributed by atoms with Gasteiger partial charge in [0.2, 0.25) is 0 Å². The van der Waals surface area contributed by atoms with Gasteiger partial charge in [0.15, 0.2) is 11.5 Å². The molecular weight excluding hydrogens is 452 g/mol. The third-order valence-electron chi connectivity index (χ3n) is 6.11. The predicted octanol–water partition coefficient (Wildman–Crippen LogP) is 5.84. The quantitative estimate of drug-likeness (QED) is 0.307. The highest BCUT2D eigenvalue weighted by Crippen LogP contribution is 2.34. The summed E-state index contributed by atoms with van der Waals surface area (Å²) in [6.45, 7) is 4.99. The lowest BCUT2D eigenvalue weighted by molar-refractivity contribution is 0.0953. The molecule has 3 aromatic carbocycles. The zero-order valence-corrected chi connectivity index (χ0v) is 21.2. The van der Waals surface area contributed by atoms with Gasteiger partial charge in [0.25, 0.3) is 5.91 Å². The first-order valence-electron chi connectivity index (χ1n) is 12.1. The molecule has 1 heterocycles. The standard InChI is InChI=1S/C30H32N2O4/c1-5-36-27-14-10-9-13-25(27)32-21(2)24(20-26(32)23-11-7-6-8-12-23)30(33)31-18-17-22-15-16-28(34-3)29(19-22)35-4/h6-16,19-20H,5,17-18H2,1-4H3,(H,31,33). The van der Waals surface area contributed by atoms with E-state index in [1.165, 1.54) is 0 Å². The molecule has 4 rings (SSSR count). The van der Waals surface area contributed by atoms with Gasteiger partial charge in [-0.1, -0.05) is 48.5 Å². The van der Waals surface area contributed by atoms with Crippen LogP contribution in [0.3, 0.4) is 0 Å². The fraction of sp³-hybridized carbons (Fsp3) is 0.233. The second kappa shape index (κ2) is 11.5. The van der Waals surface area contributed by atoms with Crippen molar-refractivity contribution in [2.45, 2.75) is 20.3 Å². The molecule has 0 saturated carbocycles. The van der Waals surface area contributed by atoms with Crippen molar-refractivity contribution in [2.75, 3.05) is 27.4 Å². The summed E-state index contributed by atoms with van der Waals surface area (Å²) in [7, 11) is 3.23. The summed E-state index contributed by atoms with van der Waals surface area (Å²) in [4.78, 5) is 13.3. The molecule has 0 fully saturated rings. The van der Waals surface area contributed by atoms with Crippen LogP contribution in [-0.2, 0) is 6.42 Å². The predicted molar refractivity (Wildman–Crippen MR) is 143 cm³/mol. The van der Waals surface area contributed by atoms with Gasteiger partial charge in [-0.05, 0) is 61.7 Å². The Balaban J connectivity index is 1.62. The summed E-state index contributed by atoms with van der Waals surface area (Å²) in [6, 6.07) is 25.7. The maximum absolute atomic E-state index is 13.3. The first-order chi connectivity index (χ1) is 17.6. The van der Waals surface area contributed by atoms with E-state index in [1.807, 2.05) is 92.7 Å². The van der Waals surface area contributed by atoms with Crippen molar-refractivity contribution >= 4 is 5.91 Å². The van der Waals surface area contributed by atoms with E-state index in [2.05, 4.69) is 9.88 Å². The molecule has 0 unspecified atom stereocenters. The van der Waals surface area contributed by atoms with Crippen LogP contribution in [0, 0.1) is 6.92 Å². The second-order valence-electron chi connectivity index (χ2n) is 8.33. The summed E-state index contributed by atoms with van der Waals surface area (Å²) < 4.78 is 18.7. The van der Waals surface area contributed by atoms with Crippen molar-refractivity contribution in [3.63, 3.8) is 0 Å². The Bertz CT molecular complexity index is 1330. The first-order valence-corrected chi connectivity index (χ1v) is 12.1. The van der Waals surface area contributed by atoms with Crippen molar-refractivity contribution in [1.82, 2.24) is 9.88 Å². The normalized spacial score (nSPS) is 10.7. The fourth-order valence-electron chi connectivity index (χ4n) is 4.34. The summed E-state index contributed by atoms with van der Waals surface area (Å²) in [6.07, 6.45) is 0.671. The van der Waals surface area contributed by atoms with Crippen LogP contribution in [0.5, 0.6) is 17.2 Å². The van der Waals surface area contributed by atoms with Crippen molar-refractivity contribution in [2.24, 2.45) is 0 Å². The average Bonchev–Trinajstić information content (AvgIpc) is 3.26. The number of hydrogen-bond donors (Lipinski definition) is 1. The Morgan fingerprint density at radius 2 is 1.58 bits per heavy atom. The molecule has 1 N–H and O–H groups in total. The third kappa shape index (κ3) is 5.23. The minimum Gasteiger partial charge on any atom is -0.493 e. The van der Waals surface area contributed by atoms with Gasteiger partial charge in [0, 0.05) is 12.2 Å². The van der Waals surface area contributed by atoms with Crippen LogP contribution >= 0.6 is 0 Å². The molecule has 36 heavy (non-hydrogen) atoms. The molecule has 0 spiro atoms. The summed E-state index contributed by atoms with van der Waals surface area (Å²) in [5.74, 6) is 2.02. The van der Waals surface area contributed by atoms with Crippen LogP contribution in [0.15, 0.2) is 78.9 Å². The van der Waals surface area contributed by atoms with Gasteiger partial charge in [-0.3, -0.25) is 4.79 Å². The number of aromatic nitrogens is 1. The SMILES string of the molecule is CCOc1ccccc1-n1c(-c2ccccc2)cc(C(=O)NCCc2ccc(OC)c(OC)c2)c1C. The van der Waals surface area contributed by atoms with E-state index in [0.29, 0.717) is 36.6 Å². The van der Waals surface area contributed by atoms with Crippen LogP contribution in [0.1, 0.15) is 28.5 Å². The Labute approximate surface area is 212 Å². The number of rotatable bonds is 10. The van der Waals surface area contributed by atoms with E-state index < -0.39 is 0 Å². The van der Waals surface area contributed by atoms with E-state index in [4.69, 9.17) is 14.2 Å². The first kappa shape index (κ1) is 24.9. The van der Waals surface area contributed by atoms with Crippen molar-refractivity contribution in [3.05, 3.63) is 95.7 Å². The Kier molecular flexibility index (Phi) is 7.95. The van der Waals surface area contributed by atoms with E-state index in [-0.39, 0.29) is 5.91 Å². The molecule has 0 bridgehead atoms. The highest BCUT2D eigenvalue weighted by Gasteiger charge is 2.21. The molecule has 6 nitrogen and oxygen atoms in total. The summed E-state index contributed by atoms with van der Waals surface area (Å²) in [5.41, 5.74) is 5.40. The molecule has 0 aliphatic carbocycles. The average molecular weight is 485 g/mol. The highest BCUT2D eigenvalue weighted by molar-refractivity contribution is 5.97. The number of carbonyl (C=O) groups excluding carboxylic acids is 1. The molecule has 0 radical (unpaired) electrons. The Morgan fingerprint density at radius 1 is 0.861 bits per heavy atom. The molecule has 0 aliphatic heterocycles. The van der Waals surface area contributed by atoms with Crippen LogP contribution < -0.4 is 19.5 Å². The van der Waals surface area contributed by atoms with Crippen molar-refractivity contribution < 1.29 is 19.0 Å². The number of carbonyl (C=O) groups is 1. The number of para-hydroxylation sites is 2. The van der Waals surface area contributed by atoms with Gasteiger partial charge in [-0.25, -0.2) is 0 Å². The number of ether oxygens (including phenoxy) is 3. The number of amides is 1. The van der Waals surface area contributed by atoms with Crippen molar-refractivity contribution in [1.29, 1.82) is 0 Å². The van der Waals surface area contributed by atoms with Crippen LogP contribution in [0.2, 0.25) is 0 Å². The molecular formula is C30H32N2O4. The smallest absolute Gasteiger partial charge is 0.253 e. The summed E-state index contributed by atoms with van der Waals surface area (Å²) in [5, 5.41) is 3.08. The molecule has 1 amide bonds. The van der Waals surface area contributed by atoms with Gasteiger partial charge >= 0.3 is 0 Å². The number of benzene rings is 3. The maximum atomic E-state index is 13.3. The summed E-state index contributed by atoms with van der Waals surface area (Å²) >= 11 is 0. The molecule has 186 valence electrons. The minimum absolute atomic E-state index is 0.113. The lowest BCUT2D eigenvalue weighted by Gasteiger charge is -2.16. The van der Waals surface area contributed by atoms with Crippen LogP contribution in [0.4, 0.5) is 0 Å². The van der Waals surface area contributed by atoms with Crippen LogP contribution in [0.25, 0.3) is 16.9 Å². The van der Waals surface area contributed by atoms with E-state index >= 15 is 0 Å². The van der Waals surface area contributed by atoms with Crippen LogP contribution in [-0.4, -0.2) is 37.8 Å². The van der Waals surface area contributed by atoms with E-state index in [0.717, 1.165) is 34.0 Å². The minimum atomic E-state index is -0.113. The number of methoxy groups -OCH3 is 2. The molecule has 0 atom stereocenters. The molecule has 1 aromatic heterocycles. The largest absolute Gasteiger partial charge is 0.493 e. The number of nitrogens with zero attached hydrogens (tertiary/aromatic N) is 1. The van der Waals surface area contributed by atoms with Gasteiger partial charge in [0.1, 0.15) is 5.75 Å². The fourth-order valence-corrected chi connectivity index (χ4v) is 4.34. The maximum Gasteiger partial charge on any atom is 0.253 e. The monoisotopic (exact) mass is 484 g/mol. The Morgan fingerprint density at radius 3 is 2.31 bits per heavy atom. The third-order valence-corrected chi connectivity index (χ3v) is 6.11. The topological polar surface area (TPSA) is 61.7 Å². The number of hydrogen-bond acceptors (Lipinski definition) is 4. The highest BCUT2D eigenvalue weighted by atomic mass is 16.5. The van der Waals surface area contributed by atoms with Gasteiger partial charge in [-0.15, -0.1) is 0 Å². The van der Waals surface area contributed by atoms with Gasteiger partial charge in [0.05, 0.1) is 37.8 Å². The molecule has 0 aliphatic rings. The lowest BCUT2D eigenvalue weighted by Crippen LogP contribution is -2.26. The Hall–Kier alpha value is -4.19. The molecule has 6 heteroatoms. The second-order valence-corrected chi connectivity index (χ2v) is 8.33. The van der Waals surface area contributed by atoms with E-state index in [1.54, 1.807) is 14.2 Å². The lowest BCUT2D eigenvalue weighted by atomic mass is 10.1. The van der Waals surface area contributed by atoms with Gasteiger partial charge in [-0.2, -0.15) is 0 Å². The zero-order chi connectivity index (χ0) is 25.5. The molecule has 0 saturated heterocycles.